The van der Waals surface area contributed by atoms with Crippen LogP contribution < -0.4 is 10.3 Å². The van der Waals surface area contributed by atoms with E-state index in [4.69, 9.17) is 0 Å². The van der Waals surface area contributed by atoms with Gasteiger partial charge in [0.25, 0.3) is 11.8 Å². The first-order valence-electron chi connectivity index (χ1n) is 9.29. The van der Waals surface area contributed by atoms with Crippen molar-refractivity contribution in [3.8, 4) is 0 Å². The summed E-state index contributed by atoms with van der Waals surface area (Å²) >= 11 is 0. The van der Waals surface area contributed by atoms with E-state index in [2.05, 4.69) is 15.4 Å². The Labute approximate surface area is 168 Å². The minimum Gasteiger partial charge on any atom is -0.362 e. The third-order valence-electron chi connectivity index (χ3n) is 4.65. The van der Waals surface area contributed by atoms with Crippen molar-refractivity contribution in [2.75, 3.05) is 5.01 Å². The van der Waals surface area contributed by atoms with E-state index in [1.54, 1.807) is 43.5 Å². The summed E-state index contributed by atoms with van der Waals surface area (Å²) in [5.41, 5.74) is 4.20. The number of carbonyl (C=O) groups is 2. The highest BCUT2D eigenvalue weighted by Gasteiger charge is 2.28. The number of H-pyrrole nitrogens is 1. The molecule has 1 aliphatic rings. The third kappa shape index (κ3) is 4.01. The zero-order valence-corrected chi connectivity index (χ0v) is 15.9. The Bertz CT molecular complexity index is 1080. The maximum atomic E-state index is 12.8. The highest BCUT2D eigenvalue weighted by Crippen LogP contribution is 2.25. The number of aromatic nitrogens is 1. The number of hydrogen-bond donors (Lipinski definition) is 2. The molecule has 0 fully saturated rings. The highest BCUT2D eigenvalue weighted by atomic mass is 16.2. The molecule has 0 bridgehead atoms. The van der Waals surface area contributed by atoms with Gasteiger partial charge in [-0.2, -0.15) is 10.1 Å². The predicted molar refractivity (Wildman–Crippen MR) is 113 cm³/mol. The van der Waals surface area contributed by atoms with Gasteiger partial charge >= 0.3 is 0 Å². The fourth-order valence-corrected chi connectivity index (χ4v) is 3.08. The molecule has 0 saturated heterocycles. The maximum Gasteiger partial charge on any atom is 0.280 e. The lowest BCUT2D eigenvalue weighted by Gasteiger charge is -2.12. The number of carbonyl (C=O) groups excluding carboxylic acids is 2. The van der Waals surface area contributed by atoms with Crippen LogP contribution in [0.4, 0.5) is 5.69 Å². The first kappa shape index (κ1) is 18.4. The summed E-state index contributed by atoms with van der Waals surface area (Å²) in [4.78, 5) is 28.2. The molecule has 29 heavy (non-hydrogen) atoms. The Morgan fingerprint density at radius 3 is 2.52 bits per heavy atom. The summed E-state index contributed by atoms with van der Waals surface area (Å²) in [6, 6.07) is 20.3. The second-order valence-corrected chi connectivity index (χ2v) is 6.70. The molecule has 0 atom stereocenters. The second-order valence-electron chi connectivity index (χ2n) is 6.70. The molecule has 6 heteroatoms. The van der Waals surface area contributed by atoms with Crippen LogP contribution in [0.3, 0.4) is 0 Å². The number of hydrazone groups is 1. The molecule has 2 heterocycles. The van der Waals surface area contributed by atoms with Crippen LogP contribution in [0.1, 0.15) is 28.5 Å². The highest BCUT2D eigenvalue weighted by molar-refractivity contribution is 6.32. The number of anilines is 1. The van der Waals surface area contributed by atoms with Gasteiger partial charge in [-0.1, -0.05) is 30.3 Å². The second kappa shape index (κ2) is 7.98. The SMILES string of the molecule is CC1=NN(c2ccc(C(=O)NCc3ccccc3)cc2)C(=O)/C1=C\c1ccc[nH]1. The summed E-state index contributed by atoms with van der Waals surface area (Å²) in [7, 11) is 0. The average molecular weight is 384 g/mol. The van der Waals surface area contributed by atoms with E-state index in [9.17, 15) is 9.59 Å². The first-order chi connectivity index (χ1) is 14.1. The van der Waals surface area contributed by atoms with Crippen molar-refractivity contribution in [1.82, 2.24) is 10.3 Å². The third-order valence-corrected chi connectivity index (χ3v) is 4.65. The molecular formula is C23H20N4O2. The van der Waals surface area contributed by atoms with Crippen molar-refractivity contribution in [1.29, 1.82) is 0 Å². The Morgan fingerprint density at radius 1 is 1.07 bits per heavy atom. The topological polar surface area (TPSA) is 77.6 Å². The molecule has 0 radical (unpaired) electrons. The molecule has 1 aliphatic heterocycles. The van der Waals surface area contributed by atoms with Crippen LogP contribution in [-0.4, -0.2) is 22.5 Å². The molecule has 144 valence electrons. The molecule has 6 nitrogen and oxygen atoms in total. The van der Waals surface area contributed by atoms with E-state index in [0.717, 1.165) is 11.3 Å². The van der Waals surface area contributed by atoms with Gasteiger partial charge in [-0.3, -0.25) is 9.59 Å². The molecule has 1 aromatic heterocycles. The summed E-state index contributed by atoms with van der Waals surface area (Å²) < 4.78 is 0. The normalized spacial score (nSPS) is 14.9. The smallest absolute Gasteiger partial charge is 0.280 e. The van der Waals surface area contributed by atoms with Gasteiger partial charge in [0.15, 0.2) is 0 Å². The predicted octanol–water partition coefficient (Wildman–Crippen LogP) is 3.75. The first-order valence-corrected chi connectivity index (χ1v) is 9.29. The maximum absolute atomic E-state index is 12.8. The van der Waals surface area contributed by atoms with Crippen LogP contribution in [0.25, 0.3) is 6.08 Å². The summed E-state index contributed by atoms with van der Waals surface area (Å²) in [6.07, 6.45) is 3.59. The largest absolute Gasteiger partial charge is 0.362 e. The monoisotopic (exact) mass is 384 g/mol. The zero-order chi connectivity index (χ0) is 20.2. The van der Waals surface area contributed by atoms with Crippen LogP contribution in [0, 0.1) is 0 Å². The summed E-state index contributed by atoms with van der Waals surface area (Å²) in [5.74, 6) is -0.362. The average Bonchev–Trinajstić information content (AvgIpc) is 3.37. The Morgan fingerprint density at radius 2 is 1.83 bits per heavy atom. The molecule has 3 aromatic rings. The number of nitrogens with zero attached hydrogens (tertiary/aromatic N) is 2. The minimum absolute atomic E-state index is 0.167. The summed E-state index contributed by atoms with van der Waals surface area (Å²) in [5, 5.41) is 8.62. The van der Waals surface area contributed by atoms with Gasteiger partial charge in [-0.15, -0.1) is 0 Å². The molecule has 2 aromatic carbocycles. The van der Waals surface area contributed by atoms with Crippen molar-refractivity contribution in [3.05, 3.63) is 95.3 Å². The van der Waals surface area contributed by atoms with E-state index in [1.807, 2.05) is 42.5 Å². The van der Waals surface area contributed by atoms with Gasteiger partial charge in [0.05, 0.1) is 17.0 Å². The molecule has 2 amide bonds. The van der Waals surface area contributed by atoms with Crippen molar-refractivity contribution < 1.29 is 9.59 Å². The Kier molecular flexibility index (Phi) is 5.07. The van der Waals surface area contributed by atoms with Gasteiger partial charge < -0.3 is 10.3 Å². The number of benzene rings is 2. The number of rotatable bonds is 5. The van der Waals surface area contributed by atoms with Crippen LogP contribution in [0.15, 0.2) is 83.6 Å². The lowest BCUT2D eigenvalue weighted by molar-refractivity contribution is -0.114. The fraction of sp³-hybridized carbons (Fsp3) is 0.0870. The molecular weight excluding hydrogens is 364 g/mol. The zero-order valence-electron chi connectivity index (χ0n) is 15.9. The quantitative estimate of drug-likeness (QED) is 0.657. The molecule has 4 rings (SSSR count). The van der Waals surface area contributed by atoms with E-state index in [-0.39, 0.29) is 11.8 Å². The fourth-order valence-electron chi connectivity index (χ4n) is 3.08. The van der Waals surface area contributed by atoms with Gasteiger partial charge in [0.1, 0.15) is 0 Å². The molecule has 0 saturated carbocycles. The van der Waals surface area contributed by atoms with Crippen LogP contribution >= 0.6 is 0 Å². The molecule has 0 aliphatic carbocycles. The molecule has 0 unspecified atom stereocenters. The number of nitrogens with one attached hydrogen (secondary N) is 2. The van der Waals surface area contributed by atoms with Crippen LogP contribution in [0.2, 0.25) is 0 Å². The standard InChI is InChI=1S/C23H20N4O2/c1-16-21(14-19-8-5-13-24-19)23(29)27(26-16)20-11-9-18(10-12-20)22(28)25-15-17-6-3-2-4-7-17/h2-14,24H,15H2,1H3,(H,25,28)/b21-14-. The van der Waals surface area contributed by atoms with Crippen LogP contribution in [0.5, 0.6) is 0 Å². The summed E-state index contributed by atoms with van der Waals surface area (Å²) in [6.45, 7) is 2.26. The number of hydrogen-bond acceptors (Lipinski definition) is 3. The van der Waals surface area contributed by atoms with Gasteiger partial charge in [-0.25, -0.2) is 0 Å². The lowest BCUT2D eigenvalue weighted by Crippen LogP contribution is -2.23. The molecule has 0 spiro atoms. The van der Waals surface area contributed by atoms with E-state index >= 15 is 0 Å². The van der Waals surface area contributed by atoms with Crippen molar-refractivity contribution in [2.24, 2.45) is 5.10 Å². The minimum atomic E-state index is -0.196. The van der Waals surface area contributed by atoms with Crippen molar-refractivity contribution in [3.63, 3.8) is 0 Å². The van der Waals surface area contributed by atoms with Crippen LogP contribution in [-0.2, 0) is 11.3 Å². The molecule has 2 N–H and O–H groups in total. The van der Waals surface area contributed by atoms with Gasteiger partial charge in [0.2, 0.25) is 0 Å². The lowest BCUT2D eigenvalue weighted by atomic mass is 10.1. The van der Waals surface area contributed by atoms with Gasteiger partial charge in [-0.05, 0) is 55.0 Å². The number of amides is 2. The Balaban J connectivity index is 1.45. The van der Waals surface area contributed by atoms with E-state index in [1.165, 1.54) is 5.01 Å². The van der Waals surface area contributed by atoms with Gasteiger partial charge in [0, 0.05) is 24.0 Å². The van der Waals surface area contributed by atoms with Crippen molar-refractivity contribution in [2.45, 2.75) is 13.5 Å². The Hall–Kier alpha value is -3.93. The van der Waals surface area contributed by atoms with E-state index in [0.29, 0.717) is 29.1 Å². The number of aromatic amines is 1. The van der Waals surface area contributed by atoms with E-state index < -0.39 is 0 Å². The van der Waals surface area contributed by atoms with Crippen molar-refractivity contribution >= 4 is 29.3 Å².